The van der Waals surface area contributed by atoms with Crippen molar-refractivity contribution in [3.05, 3.63) is 48.4 Å². The Labute approximate surface area is 135 Å². The van der Waals surface area contributed by atoms with Crippen LogP contribution in [0.4, 0.5) is 0 Å². The third kappa shape index (κ3) is 2.37. The number of benzene rings is 1. The number of nitrogens with zero attached hydrogens (tertiary/aromatic N) is 4. The van der Waals surface area contributed by atoms with E-state index in [9.17, 15) is 5.11 Å². The van der Waals surface area contributed by atoms with Gasteiger partial charge in [-0.15, -0.1) is 0 Å². The van der Waals surface area contributed by atoms with Gasteiger partial charge in [0.1, 0.15) is 17.1 Å². The molecule has 1 atom stereocenters. The zero-order chi connectivity index (χ0) is 15.8. The van der Waals surface area contributed by atoms with E-state index in [4.69, 9.17) is 4.98 Å². The number of fused-ring (bicyclic) bond motifs is 1. The first kappa shape index (κ1) is 14.2. The summed E-state index contributed by atoms with van der Waals surface area (Å²) in [6, 6.07) is 11.5. The molecule has 5 nitrogen and oxygen atoms in total. The predicted molar refractivity (Wildman–Crippen MR) is 89.8 cm³/mol. The fraction of sp³-hybridized carbons (Fsp3) is 0.333. The lowest BCUT2D eigenvalue weighted by molar-refractivity contribution is 0.261. The number of hydrogen-bond donors (Lipinski definition) is 1. The highest BCUT2D eigenvalue weighted by atomic mass is 16.3. The Morgan fingerprint density at radius 2 is 2.17 bits per heavy atom. The van der Waals surface area contributed by atoms with Crippen LogP contribution in [-0.4, -0.2) is 37.6 Å². The number of aromatic hydroxyl groups is 1. The molecule has 118 valence electrons. The van der Waals surface area contributed by atoms with Gasteiger partial charge in [-0.25, -0.2) is 9.97 Å². The third-order valence-corrected chi connectivity index (χ3v) is 4.60. The lowest BCUT2D eigenvalue weighted by Crippen LogP contribution is -2.25. The Morgan fingerprint density at radius 3 is 3.00 bits per heavy atom. The molecule has 0 amide bonds. The number of phenolic OH excluding ortho intramolecular Hbond substituents is 1. The molecule has 1 aromatic carbocycles. The second-order valence-corrected chi connectivity index (χ2v) is 5.96. The predicted octanol–water partition coefficient (Wildman–Crippen LogP) is 3.28. The SMILES string of the molecule is CCN1CCCC1c1nc2cccnc2n1-c1cccc(O)c1. The van der Waals surface area contributed by atoms with E-state index in [1.807, 2.05) is 24.3 Å². The fourth-order valence-corrected chi connectivity index (χ4v) is 3.54. The van der Waals surface area contributed by atoms with E-state index in [0.29, 0.717) is 6.04 Å². The van der Waals surface area contributed by atoms with Gasteiger partial charge in [0.25, 0.3) is 0 Å². The smallest absolute Gasteiger partial charge is 0.164 e. The summed E-state index contributed by atoms with van der Waals surface area (Å²) in [6.45, 7) is 4.32. The number of imidazole rings is 1. The van der Waals surface area contributed by atoms with Crippen molar-refractivity contribution in [1.82, 2.24) is 19.4 Å². The van der Waals surface area contributed by atoms with Crippen LogP contribution in [0.1, 0.15) is 31.6 Å². The van der Waals surface area contributed by atoms with E-state index in [-0.39, 0.29) is 5.75 Å². The molecule has 3 heterocycles. The Morgan fingerprint density at radius 1 is 1.26 bits per heavy atom. The summed E-state index contributed by atoms with van der Waals surface area (Å²) in [5, 5.41) is 9.87. The number of hydrogen-bond acceptors (Lipinski definition) is 4. The summed E-state index contributed by atoms with van der Waals surface area (Å²) in [4.78, 5) is 11.9. The highest BCUT2D eigenvalue weighted by Gasteiger charge is 2.30. The molecule has 0 aliphatic carbocycles. The zero-order valence-corrected chi connectivity index (χ0v) is 13.2. The van der Waals surface area contributed by atoms with E-state index in [1.54, 1.807) is 18.3 Å². The zero-order valence-electron chi connectivity index (χ0n) is 13.2. The van der Waals surface area contributed by atoms with Crippen LogP contribution in [-0.2, 0) is 0 Å². The first-order chi connectivity index (χ1) is 11.3. The molecule has 0 radical (unpaired) electrons. The molecule has 1 unspecified atom stereocenters. The Kier molecular flexibility index (Phi) is 3.50. The van der Waals surface area contributed by atoms with Crippen molar-refractivity contribution in [3.8, 4) is 11.4 Å². The molecule has 1 aliphatic rings. The van der Waals surface area contributed by atoms with Gasteiger partial charge in [-0.2, -0.15) is 0 Å². The normalized spacial score (nSPS) is 18.7. The van der Waals surface area contributed by atoms with Crippen molar-refractivity contribution >= 4 is 11.2 Å². The van der Waals surface area contributed by atoms with Crippen LogP contribution in [0.3, 0.4) is 0 Å². The number of phenols is 1. The molecule has 1 saturated heterocycles. The molecule has 0 bridgehead atoms. The average molecular weight is 308 g/mol. The fourth-order valence-electron chi connectivity index (χ4n) is 3.54. The standard InChI is InChI=1S/C18H20N4O/c1-2-21-11-5-9-16(21)18-20-15-8-4-10-19-17(15)22(18)13-6-3-7-14(23)12-13/h3-4,6-8,10,12,16,23H,2,5,9,11H2,1H3. The molecule has 5 heteroatoms. The van der Waals surface area contributed by atoms with E-state index >= 15 is 0 Å². The van der Waals surface area contributed by atoms with Gasteiger partial charge < -0.3 is 5.11 Å². The number of rotatable bonds is 3. The Balaban J connectivity index is 1.95. The second-order valence-electron chi connectivity index (χ2n) is 5.96. The summed E-state index contributed by atoms with van der Waals surface area (Å²) in [7, 11) is 0. The van der Waals surface area contributed by atoms with Crippen molar-refractivity contribution in [2.24, 2.45) is 0 Å². The molecule has 4 rings (SSSR count). The molecule has 1 N–H and O–H groups in total. The van der Waals surface area contributed by atoms with Crippen LogP contribution < -0.4 is 0 Å². The van der Waals surface area contributed by atoms with Crippen LogP contribution >= 0.6 is 0 Å². The molecule has 1 fully saturated rings. The molecular formula is C18H20N4O. The molecule has 0 spiro atoms. The summed E-state index contributed by atoms with van der Waals surface area (Å²) < 4.78 is 2.09. The summed E-state index contributed by atoms with van der Waals surface area (Å²) in [6.07, 6.45) is 4.09. The minimum atomic E-state index is 0.255. The molecule has 23 heavy (non-hydrogen) atoms. The molecule has 3 aromatic rings. The van der Waals surface area contributed by atoms with Crippen molar-refractivity contribution in [2.45, 2.75) is 25.8 Å². The van der Waals surface area contributed by atoms with Gasteiger partial charge in [-0.3, -0.25) is 9.47 Å². The summed E-state index contributed by atoms with van der Waals surface area (Å²) in [5.74, 6) is 1.27. The van der Waals surface area contributed by atoms with Gasteiger partial charge in [-0.05, 0) is 50.2 Å². The maximum absolute atomic E-state index is 9.87. The van der Waals surface area contributed by atoms with Gasteiger partial charge >= 0.3 is 0 Å². The quantitative estimate of drug-likeness (QED) is 0.807. The second kappa shape index (κ2) is 5.66. The Hall–Kier alpha value is -2.40. The van der Waals surface area contributed by atoms with Crippen LogP contribution in [0.2, 0.25) is 0 Å². The maximum atomic E-state index is 9.87. The summed E-state index contributed by atoms with van der Waals surface area (Å²) >= 11 is 0. The topological polar surface area (TPSA) is 54.2 Å². The van der Waals surface area contributed by atoms with E-state index in [0.717, 1.165) is 42.2 Å². The third-order valence-electron chi connectivity index (χ3n) is 4.60. The minimum absolute atomic E-state index is 0.255. The van der Waals surface area contributed by atoms with Gasteiger partial charge in [0.15, 0.2) is 5.65 Å². The molecule has 0 saturated carbocycles. The van der Waals surface area contributed by atoms with Crippen LogP contribution in [0.15, 0.2) is 42.6 Å². The van der Waals surface area contributed by atoms with Crippen molar-refractivity contribution in [2.75, 3.05) is 13.1 Å². The van der Waals surface area contributed by atoms with E-state index < -0.39 is 0 Å². The highest BCUT2D eigenvalue weighted by molar-refractivity contribution is 5.74. The van der Waals surface area contributed by atoms with Crippen molar-refractivity contribution < 1.29 is 5.11 Å². The lowest BCUT2D eigenvalue weighted by atomic mass is 10.2. The van der Waals surface area contributed by atoms with Gasteiger partial charge in [0.2, 0.25) is 0 Å². The van der Waals surface area contributed by atoms with Gasteiger partial charge in [-0.1, -0.05) is 13.0 Å². The highest BCUT2D eigenvalue weighted by Crippen LogP contribution is 2.34. The molecule has 2 aromatic heterocycles. The summed E-state index contributed by atoms with van der Waals surface area (Å²) in [5.41, 5.74) is 2.65. The first-order valence-electron chi connectivity index (χ1n) is 8.14. The molecule has 1 aliphatic heterocycles. The average Bonchev–Trinajstić information content (AvgIpc) is 3.18. The number of aromatic nitrogens is 3. The van der Waals surface area contributed by atoms with Crippen LogP contribution in [0.25, 0.3) is 16.9 Å². The Bertz CT molecular complexity index is 842. The number of likely N-dealkylation sites (tertiary alicyclic amines) is 1. The van der Waals surface area contributed by atoms with Crippen LogP contribution in [0, 0.1) is 0 Å². The minimum Gasteiger partial charge on any atom is -0.508 e. The molecular weight excluding hydrogens is 288 g/mol. The lowest BCUT2D eigenvalue weighted by Gasteiger charge is -2.23. The van der Waals surface area contributed by atoms with Crippen LogP contribution in [0.5, 0.6) is 5.75 Å². The van der Waals surface area contributed by atoms with Gasteiger partial charge in [0.05, 0.1) is 11.7 Å². The van der Waals surface area contributed by atoms with E-state index in [1.165, 1.54) is 6.42 Å². The van der Waals surface area contributed by atoms with Crippen molar-refractivity contribution in [1.29, 1.82) is 0 Å². The monoisotopic (exact) mass is 308 g/mol. The first-order valence-corrected chi connectivity index (χ1v) is 8.14. The van der Waals surface area contributed by atoms with Crippen molar-refractivity contribution in [3.63, 3.8) is 0 Å². The maximum Gasteiger partial charge on any atom is 0.164 e. The number of pyridine rings is 1. The largest absolute Gasteiger partial charge is 0.508 e. The van der Waals surface area contributed by atoms with Gasteiger partial charge in [0, 0.05) is 12.3 Å². The van der Waals surface area contributed by atoms with E-state index in [2.05, 4.69) is 21.4 Å².